The third-order valence-electron chi connectivity index (χ3n) is 3.19. The molecule has 0 saturated carbocycles. The molecule has 1 atom stereocenters. The standard InChI is InChI=1S/C14H16F2N2S/c1-8-6-13(19-9(8)2)12(18-17)7-10-4-3-5-11(15)14(10)16/h3-6,12,18H,7,17H2,1-2H3. The molecule has 0 radical (unpaired) electrons. The largest absolute Gasteiger partial charge is 0.271 e. The van der Waals surface area contributed by atoms with Gasteiger partial charge in [-0.3, -0.25) is 11.3 Å². The van der Waals surface area contributed by atoms with Crippen molar-refractivity contribution in [1.82, 2.24) is 5.43 Å². The van der Waals surface area contributed by atoms with E-state index in [0.29, 0.717) is 12.0 Å². The molecule has 2 rings (SSSR count). The van der Waals surface area contributed by atoms with Crippen molar-refractivity contribution in [1.29, 1.82) is 0 Å². The number of rotatable bonds is 4. The van der Waals surface area contributed by atoms with E-state index >= 15 is 0 Å². The summed E-state index contributed by atoms with van der Waals surface area (Å²) in [5.74, 6) is 3.92. The maximum atomic E-state index is 13.7. The molecule has 0 amide bonds. The van der Waals surface area contributed by atoms with Crippen LogP contribution >= 0.6 is 11.3 Å². The highest BCUT2D eigenvalue weighted by Crippen LogP contribution is 2.29. The summed E-state index contributed by atoms with van der Waals surface area (Å²) in [5.41, 5.74) is 4.18. The van der Waals surface area contributed by atoms with Crippen molar-refractivity contribution in [2.45, 2.75) is 26.3 Å². The molecule has 0 aliphatic heterocycles. The van der Waals surface area contributed by atoms with Gasteiger partial charge in [0.2, 0.25) is 0 Å². The average molecular weight is 282 g/mol. The van der Waals surface area contributed by atoms with Crippen LogP contribution in [0.15, 0.2) is 24.3 Å². The summed E-state index contributed by atoms with van der Waals surface area (Å²) in [7, 11) is 0. The third kappa shape index (κ3) is 3.00. The normalized spacial score (nSPS) is 12.7. The quantitative estimate of drug-likeness (QED) is 0.666. The van der Waals surface area contributed by atoms with Gasteiger partial charge in [-0.25, -0.2) is 8.78 Å². The maximum absolute atomic E-state index is 13.7. The first-order valence-electron chi connectivity index (χ1n) is 5.99. The fourth-order valence-electron chi connectivity index (χ4n) is 1.94. The van der Waals surface area contributed by atoms with E-state index in [2.05, 4.69) is 5.43 Å². The molecule has 1 unspecified atom stereocenters. The molecule has 0 bridgehead atoms. The summed E-state index contributed by atoms with van der Waals surface area (Å²) in [6, 6.07) is 6.02. The van der Waals surface area contributed by atoms with Crippen LogP contribution < -0.4 is 11.3 Å². The van der Waals surface area contributed by atoms with Crippen molar-refractivity contribution in [3.05, 3.63) is 56.8 Å². The number of nitrogens with one attached hydrogen (secondary N) is 1. The van der Waals surface area contributed by atoms with Gasteiger partial charge in [0.05, 0.1) is 6.04 Å². The number of benzene rings is 1. The van der Waals surface area contributed by atoms with Gasteiger partial charge >= 0.3 is 0 Å². The van der Waals surface area contributed by atoms with Crippen LogP contribution in [0, 0.1) is 25.5 Å². The molecule has 0 saturated heterocycles. The summed E-state index contributed by atoms with van der Waals surface area (Å²) in [4.78, 5) is 2.23. The molecule has 2 aromatic rings. The first-order chi connectivity index (χ1) is 9.02. The number of halogens is 2. The fraction of sp³-hybridized carbons (Fsp3) is 0.286. The molecule has 0 aliphatic carbocycles. The van der Waals surface area contributed by atoms with Crippen LogP contribution in [0.3, 0.4) is 0 Å². The molecule has 5 heteroatoms. The zero-order valence-electron chi connectivity index (χ0n) is 10.8. The zero-order chi connectivity index (χ0) is 14.0. The smallest absolute Gasteiger partial charge is 0.162 e. The monoisotopic (exact) mass is 282 g/mol. The van der Waals surface area contributed by atoms with Gasteiger partial charge in [-0.15, -0.1) is 11.3 Å². The Morgan fingerprint density at radius 3 is 2.63 bits per heavy atom. The predicted molar refractivity (Wildman–Crippen MR) is 73.9 cm³/mol. The number of hydrogen-bond acceptors (Lipinski definition) is 3. The third-order valence-corrected chi connectivity index (χ3v) is 4.45. The Kier molecular flexibility index (Phi) is 4.29. The zero-order valence-corrected chi connectivity index (χ0v) is 11.7. The number of nitrogens with two attached hydrogens (primary N) is 1. The summed E-state index contributed by atoms with van der Waals surface area (Å²) >= 11 is 1.62. The van der Waals surface area contributed by atoms with E-state index in [0.717, 1.165) is 10.9 Å². The number of aryl methyl sites for hydroxylation is 2. The van der Waals surface area contributed by atoms with Crippen LogP contribution in [0.1, 0.15) is 26.9 Å². The molecule has 0 fully saturated rings. The maximum Gasteiger partial charge on any atom is 0.162 e. The molecule has 3 N–H and O–H groups in total. The van der Waals surface area contributed by atoms with Crippen LogP contribution in [0.25, 0.3) is 0 Å². The van der Waals surface area contributed by atoms with E-state index < -0.39 is 11.6 Å². The summed E-state index contributed by atoms with van der Waals surface area (Å²) in [6.45, 7) is 4.05. The molecule has 2 nitrogen and oxygen atoms in total. The van der Waals surface area contributed by atoms with E-state index in [1.807, 2.05) is 19.9 Å². The van der Waals surface area contributed by atoms with Crippen LogP contribution in [0.2, 0.25) is 0 Å². The summed E-state index contributed by atoms with van der Waals surface area (Å²) in [6.07, 6.45) is 0.319. The van der Waals surface area contributed by atoms with E-state index in [9.17, 15) is 8.78 Å². The lowest BCUT2D eigenvalue weighted by molar-refractivity contribution is 0.483. The second-order valence-corrected chi connectivity index (χ2v) is 5.81. The lowest BCUT2D eigenvalue weighted by atomic mass is 10.0. The molecular formula is C14H16F2N2S. The van der Waals surface area contributed by atoms with Crippen molar-refractivity contribution >= 4 is 11.3 Å². The highest BCUT2D eigenvalue weighted by atomic mass is 32.1. The minimum absolute atomic E-state index is 0.214. The molecule has 102 valence electrons. The summed E-state index contributed by atoms with van der Waals surface area (Å²) < 4.78 is 26.8. The fourth-order valence-corrected chi connectivity index (χ4v) is 3.04. The van der Waals surface area contributed by atoms with Gasteiger partial charge in [0.25, 0.3) is 0 Å². The summed E-state index contributed by atoms with van der Waals surface area (Å²) in [5, 5.41) is 0. The Balaban J connectivity index is 2.26. The van der Waals surface area contributed by atoms with Crippen molar-refractivity contribution in [2.75, 3.05) is 0 Å². The van der Waals surface area contributed by atoms with Gasteiger partial charge in [-0.1, -0.05) is 12.1 Å². The van der Waals surface area contributed by atoms with E-state index in [1.165, 1.54) is 16.5 Å². The van der Waals surface area contributed by atoms with Crippen LogP contribution in [0.4, 0.5) is 8.78 Å². The highest BCUT2D eigenvalue weighted by Gasteiger charge is 2.17. The van der Waals surface area contributed by atoms with Crippen molar-refractivity contribution in [3.63, 3.8) is 0 Å². The molecular weight excluding hydrogens is 266 g/mol. The molecule has 19 heavy (non-hydrogen) atoms. The highest BCUT2D eigenvalue weighted by molar-refractivity contribution is 7.12. The Morgan fingerprint density at radius 2 is 2.05 bits per heavy atom. The molecule has 0 aliphatic rings. The number of hydrazine groups is 1. The number of hydrogen-bond donors (Lipinski definition) is 2. The van der Waals surface area contributed by atoms with Gasteiger partial charge in [-0.05, 0) is 43.5 Å². The second kappa shape index (κ2) is 5.77. The van der Waals surface area contributed by atoms with Crippen LogP contribution in [-0.4, -0.2) is 0 Å². The minimum atomic E-state index is -0.827. The van der Waals surface area contributed by atoms with Gasteiger partial charge in [-0.2, -0.15) is 0 Å². The lowest BCUT2D eigenvalue weighted by Gasteiger charge is -2.14. The Labute approximate surface area is 115 Å². The molecule has 1 heterocycles. The number of thiophene rings is 1. The van der Waals surface area contributed by atoms with Crippen LogP contribution in [0.5, 0.6) is 0 Å². The first-order valence-corrected chi connectivity index (χ1v) is 6.80. The first kappa shape index (κ1) is 14.1. The minimum Gasteiger partial charge on any atom is -0.271 e. The van der Waals surface area contributed by atoms with Gasteiger partial charge in [0.15, 0.2) is 11.6 Å². The Morgan fingerprint density at radius 1 is 1.32 bits per heavy atom. The van der Waals surface area contributed by atoms with Crippen molar-refractivity contribution < 1.29 is 8.78 Å². The molecule has 1 aromatic carbocycles. The predicted octanol–water partition coefficient (Wildman–Crippen LogP) is 3.39. The molecule has 1 aromatic heterocycles. The SMILES string of the molecule is Cc1cc(C(Cc2cccc(F)c2F)NN)sc1C. The lowest BCUT2D eigenvalue weighted by Crippen LogP contribution is -2.29. The van der Waals surface area contributed by atoms with Crippen molar-refractivity contribution in [3.8, 4) is 0 Å². The van der Waals surface area contributed by atoms with E-state index in [4.69, 9.17) is 5.84 Å². The van der Waals surface area contributed by atoms with E-state index in [1.54, 1.807) is 17.4 Å². The topological polar surface area (TPSA) is 38.0 Å². The average Bonchev–Trinajstić information content (AvgIpc) is 2.71. The Hall–Kier alpha value is -1.30. The van der Waals surface area contributed by atoms with E-state index in [-0.39, 0.29) is 6.04 Å². The van der Waals surface area contributed by atoms with Gasteiger partial charge in [0.1, 0.15) is 0 Å². The Bertz CT molecular complexity index is 561. The van der Waals surface area contributed by atoms with Gasteiger partial charge < -0.3 is 0 Å². The second-order valence-electron chi connectivity index (χ2n) is 4.52. The van der Waals surface area contributed by atoms with Crippen LogP contribution in [-0.2, 0) is 6.42 Å². The molecule has 0 spiro atoms. The van der Waals surface area contributed by atoms with Crippen molar-refractivity contribution in [2.24, 2.45) is 5.84 Å². The van der Waals surface area contributed by atoms with Gasteiger partial charge in [0, 0.05) is 9.75 Å².